The van der Waals surface area contributed by atoms with Crippen molar-refractivity contribution < 1.29 is 9.50 Å². The molecule has 2 aliphatic rings. The molecule has 0 spiro atoms. The van der Waals surface area contributed by atoms with E-state index in [4.69, 9.17) is 0 Å². The van der Waals surface area contributed by atoms with Crippen LogP contribution >= 0.6 is 0 Å². The van der Waals surface area contributed by atoms with Gasteiger partial charge in [-0.2, -0.15) is 0 Å². The van der Waals surface area contributed by atoms with Crippen LogP contribution in [0.4, 0.5) is 4.39 Å². The molecule has 0 amide bonds. The number of alkyl halides is 1. The van der Waals surface area contributed by atoms with Crippen LogP contribution in [0.15, 0.2) is 43.4 Å². The highest BCUT2D eigenvalue weighted by molar-refractivity contribution is 5.89. The summed E-state index contributed by atoms with van der Waals surface area (Å²) in [4.78, 5) is 8.46. The highest BCUT2D eigenvalue weighted by Crippen LogP contribution is 2.38. The Kier molecular flexibility index (Phi) is 4.47. The Labute approximate surface area is 167 Å². The highest BCUT2D eigenvalue weighted by atomic mass is 19.1. The Bertz CT molecular complexity index is 1070. The van der Waals surface area contributed by atoms with E-state index < -0.39 is 6.17 Å². The summed E-state index contributed by atoms with van der Waals surface area (Å²) in [6.45, 7) is 4.10. The number of pyridine rings is 1. The second-order valence-corrected chi connectivity index (χ2v) is 7.97. The van der Waals surface area contributed by atoms with Crippen molar-refractivity contribution in [1.82, 2.24) is 25.5 Å². The molecule has 2 N–H and O–H groups in total. The van der Waals surface area contributed by atoms with Crippen LogP contribution in [0.2, 0.25) is 0 Å². The summed E-state index contributed by atoms with van der Waals surface area (Å²) in [5.41, 5.74) is 1.60. The normalized spacial score (nSPS) is 26.4. The molecule has 3 aromatic rings. The molecule has 29 heavy (non-hydrogen) atoms. The first-order chi connectivity index (χ1) is 14.1. The van der Waals surface area contributed by atoms with Crippen LogP contribution in [0.25, 0.3) is 27.6 Å². The molecule has 7 heteroatoms. The summed E-state index contributed by atoms with van der Waals surface area (Å²) in [6, 6.07) is 5.57. The van der Waals surface area contributed by atoms with Gasteiger partial charge in [-0.05, 0) is 48.4 Å². The fourth-order valence-electron chi connectivity index (χ4n) is 4.58. The molecule has 2 fully saturated rings. The number of piperidine rings is 2. The minimum Gasteiger partial charge on any atom is -0.507 e. The summed E-state index contributed by atoms with van der Waals surface area (Å²) in [6.07, 6.45) is 7.67. The van der Waals surface area contributed by atoms with Crippen molar-refractivity contribution >= 4 is 16.3 Å². The lowest BCUT2D eigenvalue weighted by Gasteiger charge is -2.43. The summed E-state index contributed by atoms with van der Waals surface area (Å²) in [5.74, 6) is 0.162. The summed E-state index contributed by atoms with van der Waals surface area (Å²) in [7, 11) is 0. The van der Waals surface area contributed by atoms with E-state index in [1.165, 1.54) is 0 Å². The summed E-state index contributed by atoms with van der Waals surface area (Å²) in [5, 5.41) is 24.0. The van der Waals surface area contributed by atoms with Crippen LogP contribution in [0.3, 0.4) is 0 Å². The van der Waals surface area contributed by atoms with Crippen molar-refractivity contribution in [3.63, 3.8) is 0 Å². The zero-order valence-electron chi connectivity index (χ0n) is 15.9. The topological polar surface area (TPSA) is 83.8 Å². The van der Waals surface area contributed by atoms with E-state index in [0.717, 1.165) is 30.0 Å². The predicted molar refractivity (Wildman–Crippen MR) is 109 cm³/mol. The second-order valence-electron chi connectivity index (χ2n) is 7.97. The van der Waals surface area contributed by atoms with Crippen LogP contribution in [-0.4, -0.2) is 43.5 Å². The van der Waals surface area contributed by atoms with Crippen molar-refractivity contribution in [1.29, 1.82) is 0 Å². The maximum atomic E-state index is 15.0. The summed E-state index contributed by atoms with van der Waals surface area (Å²) >= 11 is 0. The van der Waals surface area contributed by atoms with E-state index >= 15 is 0 Å². The lowest BCUT2D eigenvalue weighted by molar-refractivity contribution is 0.0980. The van der Waals surface area contributed by atoms with Crippen LogP contribution in [0.5, 0.6) is 5.75 Å². The number of hydrogen-bond donors (Lipinski definition) is 2. The van der Waals surface area contributed by atoms with Gasteiger partial charge >= 0.3 is 0 Å². The molecular weight excluding hydrogens is 369 g/mol. The van der Waals surface area contributed by atoms with Gasteiger partial charge in [0.2, 0.25) is 0 Å². The molecule has 0 unspecified atom stereocenters. The zero-order valence-corrected chi connectivity index (χ0v) is 15.9. The number of phenols is 1. The molecule has 0 saturated carbocycles. The van der Waals surface area contributed by atoms with Crippen molar-refractivity contribution in [2.75, 3.05) is 0 Å². The van der Waals surface area contributed by atoms with E-state index in [1.54, 1.807) is 24.7 Å². The molecule has 4 heterocycles. The third kappa shape index (κ3) is 3.25. The molecule has 2 aromatic heterocycles. The van der Waals surface area contributed by atoms with E-state index in [-0.39, 0.29) is 17.7 Å². The Balaban J connectivity index is 1.42. The fraction of sp³-hybridized carbons (Fsp3) is 0.364. The lowest BCUT2D eigenvalue weighted by atomic mass is 9.76. The molecule has 0 aliphatic carbocycles. The second kappa shape index (κ2) is 7.15. The van der Waals surface area contributed by atoms with Crippen molar-refractivity contribution in [3.8, 4) is 17.0 Å². The molecule has 2 saturated heterocycles. The Morgan fingerprint density at radius 1 is 1.17 bits per heavy atom. The number of rotatable bonds is 3. The monoisotopic (exact) mass is 391 g/mol. The van der Waals surface area contributed by atoms with Gasteiger partial charge in [-0.1, -0.05) is 13.0 Å². The number of hydrogen-bond acceptors (Lipinski definition) is 6. The van der Waals surface area contributed by atoms with Gasteiger partial charge in [-0.3, -0.25) is 4.98 Å². The number of nitrogens with one attached hydrogen (secondary N) is 1. The van der Waals surface area contributed by atoms with E-state index in [0.29, 0.717) is 35.1 Å². The zero-order chi connectivity index (χ0) is 20.0. The van der Waals surface area contributed by atoms with Crippen LogP contribution in [0, 0.1) is 5.92 Å². The molecule has 1 aromatic carbocycles. The van der Waals surface area contributed by atoms with Gasteiger partial charge in [0.15, 0.2) is 5.82 Å². The molecule has 2 aliphatic heterocycles. The number of fused-ring (bicyclic) bond motifs is 3. The summed E-state index contributed by atoms with van der Waals surface area (Å²) < 4.78 is 15.0. The minimum atomic E-state index is -0.986. The average molecular weight is 391 g/mol. The first-order valence-corrected chi connectivity index (χ1v) is 9.96. The molecule has 0 radical (unpaired) electrons. The van der Waals surface area contributed by atoms with Crippen LogP contribution in [-0.2, 0) is 0 Å². The molecular formula is C22H22FN5O. The van der Waals surface area contributed by atoms with Crippen molar-refractivity contribution in [2.45, 2.75) is 43.9 Å². The maximum absolute atomic E-state index is 15.0. The van der Waals surface area contributed by atoms with Crippen molar-refractivity contribution in [3.05, 3.63) is 49.2 Å². The van der Waals surface area contributed by atoms with E-state index in [1.807, 2.05) is 12.1 Å². The van der Waals surface area contributed by atoms with Gasteiger partial charge in [0, 0.05) is 41.3 Å². The van der Waals surface area contributed by atoms with Crippen LogP contribution < -0.4 is 5.32 Å². The maximum Gasteiger partial charge on any atom is 0.177 e. The number of halogens is 1. The van der Waals surface area contributed by atoms with Gasteiger partial charge in [0.1, 0.15) is 17.6 Å². The number of aromatic hydroxyl groups is 1. The van der Waals surface area contributed by atoms with Crippen LogP contribution in [0.1, 0.15) is 31.5 Å². The van der Waals surface area contributed by atoms with E-state index in [2.05, 4.69) is 32.1 Å². The molecule has 5 rings (SSSR count). The predicted octanol–water partition coefficient (Wildman–Crippen LogP) is 3.67. The number of aromatic nitrogens is 4. The lowest BCUT2D eigenvalue weighted by Crippen LogP contribution is -2.55. The largest absolute Gasteiger partial charge is 0.507 e. The van der Waals surface area contributed by atoms with Gasteiger partial charge in [-0.15, -0.1) is 10.2 Å². The Morgan fingerprint density at radius 2 is 2.07 bits per heavy atom. The number of benzene rings is 1. The first-order valence-electron chi connectivity index (χ1n) is 9.96. The average Bonchev–Trinajstić information content (AvgIpc) is 2.76. The molecule has 6 nitrogen and oxygen atoms in total. The third-order valence-corrected chi connectivity index (χ3v) is 6.15. The number of nitrogens with zero attached hydrogens (tertiary/aromatic N) is 4. The molecule has 148 valence electrons. The first kappa shape index (κ1) is 18.1. The Hall–Kier alpha value is -2.93. The molecule has 2 bridgehead atoms. The van der Waals surface area contributed by atoms with Gasteiger partial charge < -0.3 is 10.4 Å². The van der Waals surface area contributed by atoms with E-state index in [9.17, 15) is 9.50 Å². The quantitative estimate of drug-likeness (QED) is 0.709. The minimum absolute atomic E-state index is 0.0863. The van der Waals surface area contributed by atoms with Gasteiger partial charge in [-0.25, -0.2) is 9.37 Å². The Morgan fingerprint density at radius 3 is 2.90 bits per heavy atom. The van der Waals surface area contributed by atoms with Gasteiger partial charge in [0.25, 0.3) is 0 Å². The smallest absolute Gasteiger partial charge is 0.177 e. The third-order valence-electron chi connectivity index (χ3n) is 6.15. The number of phenolic OH excluding ortho intramolecular Hbond substituents is 1. The number of allylic oxidation sites excluding steroid dienone is 1. The standard InChI is InChI=1S/C22H22FN5O/c1-12(16-9-15-3-2-4-18(26-15)21(16)23)22-25-11-19(27-28-22)17-7-13-5-6-24-10-14(13)8-20(17)29/h5-8,10-11,15-16,18,21,26,29H,1-4,9H2/t15-,16-,18-,21-/m0/s1. The van der Waals surface area contributed by atoms with Gasteiger partial charge in [0.05, 0.1) is 6.20 Å². The SMILES string of the molecule is C=C(c1ncc(-c2cc3ccncc3cc2O)nn1)[C@@H]1C[C@@H]2CCC[C@H](N2)[C@H]1F. The van der Waals surface area contributed by atoms with Crippen molar-refractivity contribution in [2.24, 2.45) is 5.92 Å². The molecule has 4 atom stereocenters. The fourth-order valence-corrected chi connectivity index (χ4v) is 4.58. The highest BCUT2D eigenvalue weighted by Gasteiger charge is 2.41.